The van der Waals surface area contributed by atoms with Gasteiger partial charge in [0.2, 0.25) is 0 Å². The molecule has 0 aliphatic heterocycles. The third-order valence-electron chi connectivity index (χ3n) is 2.77. The molecule has 0 radical (unpaired) electrons. The molecule has 1 rings (SSSR count). The third kappa shape index (κ3) is 6.58. The standard InChI is InChI=1S/C14H23N2O5P/c1-16(2,3)9-8-15-11-12-6-7-13(14(10-12)19-4)21-22(17,18)20-5/h6-7,10-11H,8-9H2,1-5H3/p+1. The van der Waals surface area contributed by atoms with E-state index in [9.17, 15) is 9.46 Å². The Hall–Kier alpha value is -1.40. The number of likely N-dealkylation sites (N-methyl/N-ethyl adjacent to an activating group) is 1. The summed E-state index contributed by atoms with van der Waals surface area (Å²) in [5, 5.41) is 0. The zero-order chi connectivity index (χ0) is 16.8. The summed E-state index contributed by atoms with van der Waals surface area (Å²) in [6.07, 6.45) is 1.73. The molecule has 0 aliphatic carbocycles. The minimum Gasteiger partial charge on any atom is -0.493 e. The van der Waals surface area contributed by atoms with Crippen LogP contribution < -0.4 is 9.26 Å². The van der Waals surface area contributed by atoms with Crippen LogP contribution in [-0.4, -0.2) is 64.0 Å². The number of hydrogen-bond acceptors (Lipinski definition) is 5. The number of benzene rings is 1. The minimum atomic E-state index is -4.11. The van der Waals surface area contributed by atoms with Crippen LogP contribution in [0.5, 0.6) is 11.5 Å². The van der Waals surface area contributed by atoms with E-state index < -0.39 is 7.82 Å². The fourth-order valence-electron chi connectivity index (χ4n) is 1.53. The summed E-state index contributed by atoms with van der Waals surface area (Å²) in [7, 11) is 4.76. The highest BCUT2D eigenvalue weighted by atomic mass is 31.2. The van der Waals surface area contributed by atoms with Crippen molar-refractivity contribution in [2.75, 3.05) is 48.5 Å². The summed E-state index contributed by atoms with van der Waals surface area (Å²) in [6, 6.07) is 4.95. The predicted octanol–water partition coefficient (Wildman–Crippen LogP) is 1.95. The number of phosphoric acid groups is 1. The molecule has 0 spiro atoms. The molecule has 0 aliphatic rings. The normalized spacial score (nSPS) is 14.8. The van der Waals surface area contributed by atoms with E-state index in [1.807, 2.05) is 0 Å². The van der Waals surface area contributed by atoms with Gasteiger partial charge >= 0.3 is 7.82 Å². The highest BCUT2D eigenvalue weighted by molar-refractivity contribution is 7.47. The van der Waals surface area contributed by atoms with E-state index in [2.05, 4.69) is 30.7 Å². The van der Waals surface area contributed by atoms with Crippen LogP contribution in [0.15, 0.2) is 23.2 Å². The Balaban J connectivity index is 2.80. The maximum Gasteiger partial charge on any atom is 0.527 e. The van der Waals surface area contributed by atoms with Crippen molar-refractivity contribution in [2.24, 2.45) is 4.99 Å². The van der Waals surface area contributed by atoms with E-state index in [1.165, 1.54) is 7.11 Å². The Morgan fingerprint density at radius 2 is 1.95 bits per heavy atom. The van der Waals surface area contributed by atoms with E-state index in [1.54, 1.807) is 24.4 Å². The first-order valence-corrected chi connectivity index (χ1v) is 8.23. The van der Waals surface area contributed by atoms with Gasteiger partial charge < -0.3 is 13.7 Å². The fourth-order valence-corrected chi connectivity index (χ4v) is 2.00. The van der Waals surface area contributed by atoms with Gasteiger partial charge in [-0.15, -0.1) is 0 Å². The number of aliphatic imine (C=N–C) groups is 1. The SMILES string of the molecule is COc1cc(C=NCC[N+](C)(C)C)ccc1OP(=O)(O)OC. The van der Waals surface area contributed by atoms with E-state index in [4.69, 9.17) is 9.26 Å². The topological polar surface area (TPSA) is 77.4 Å². The molecule has 0 saturated heterocycles. The summed E-state index contributed by atoms with van der Waals surface area (Å²) >= 11 is 0. The smallest absolute Gasteiger partial charge is 0.493 e. The van der Waals surface area contributed by atoms with Crippen molar-refractivity contribution >= 4 is 14.0 Å². The van der Waals surface area contributed by atoms with Gasteiger partial charge in [-0.1, -0.05) is 0 Å². The number of phosphoric ester groups is 1. The van der Waals surface area contributed by atoms with Crippen molar-refractivity contribution in [3.05, 3.63) is 23.8 Å². The second-order valence-electron chi connectivity index (χ2n) is 5.70. The van der Waals surface area contributed by atoms with Crippen LogP contribution in [0.4, 0.5) is 0 Å². The maximum atomic E-state index is 11.4. The Labute approximate surface area is 131 Å². The Morgan fingerprint density at radius 3 is 2.50 bits per heavy atom. The van der Waals surface area contributed by atoms with Gasteiger partial charge in [-0.3, -0.25) is 14.4 Å². The zero-order valence-corrected chi connectivity index (χ0v) is 14.5. The van der Waals surface area contributed by atoms with Gasteiger partial charge in [0.1, 0.15) is 0 Å². The maximum absolute atomic E-state index is 11.4. The second-order valence-corrected chi connectivity index (χ2v) is 7.19. The van der Waals surface area contributed by atoms with Crippen LogP contribution in [0.2, 0.25) is 0 Å². The van der Waals surface area contributed by atoms with Gasteiger partial charge in [-0.05, 0) is 23.8 Å². The fraction of sp³-hybridized carbons (Fsp3) is 0.500. The average Bonchev–Trinajstić information content (AvgIpc) is 2.43. The van der Waals surface area contributed by atoms with Crippen molar-refractivity contribution in [3.8, 4) is 11.5 Å². The van der Waals surface area contributed by atoms with Crippen LogP contribution in [0.1, 0.15) is 5.56 Å². The van der Waals surface area contributed by atoms with Crippen LogP contribution in [0.3, 0.4) is 0 Å². The number of hydrogen-bond donors (Lipinski definition) is 1. The Morgan fingerprint density at radius 1 is 1.27 bits per heavy atom. The van der Waals surface area contributed by atoms with Crippen molar-refractivity contribution in [1.29, 1.82) is 0 Å². The largest absolute Gasteiger partial charge is 0.527 e. The molecule has 1 aromatic carbocycles. The first-order chi connectivity index (χ1) is 10.2. The van der Waals surface area contributed by atoms with Gasteiger partial charge in [0.25, 0.3) is 0 Å². The number of quaternary nitrogens is 1. The van der Waals surface area contributed by atoms with Gasteiger partial charge in [0.05, 0.1) is 41.3 Å². The first-order valence-electron chi connectivity index (χ1n) is 6.73. The Kier molecular flexibility index (Phi) is 6.56. The lowest BCUT2D eigenvalue weighted by atomic mass is 10.2. The predicted molar refractivity (Wildman–Crippen MR) is 85.8 cm³/mol. The minimum absolute atomic E-state index is 0.138. The van der Waals surface area contributed by atoms with Crippen molar-refractivity contribution < 1.29 is 27.7 Å². The van der Waals surface area contributed by atoms with Crippen LogP contribution in [-0.2, 0) is 9.09 Å². The molecule has 7 nitrogen and oxygen atoms in total. The van der Waals surface area contributed by atoms with E-state index >= 15 is 0 Å². The number of ether oxygens (including phenoxy) is 1. The summed E-state index contributed by atoms with van der Waals surface area (Å²) in [5.74, 6) is 0.473. The number of rotatable bonds is 8. The number of nitrogens with zero attached hydrogens (tertiary/aromatic N) is 2. The molecule has 8 heteroatoms. The lowest BCUT2D eigenvalue weighted by molar-refractivity contribution is -0.868. The molecule has 22 heavy (non-hydrogen) atoms. The van der Waals surface area contributed by atoms with Crippen LogP contribution >= 0.6 is 7.82 Å². The molecule has 1 unspecified atom stereocenters. The van der Waals surface area contributed by atoms with E-state index in [-0.39, 0.29) is 5.75 Å². The Bertz CT molecular complexity index is 569. The molecular weight excluding hydrogens is 307 g/mol. The molecule has 124 valence electrons. The summed E-state index contributed by atoms with van der Waals surface area (Å²) in [5.41, 5.74) is 0.816. The summed E-state index contributed by atoms with van der Waals surface area (Å²) < 4.78 is 26.7. The monoisotopic (exact) mass is 331 g/mol. The van der Waals surface area contributed by atoms with Crippen molar-refractivity contribution in [2.45, 2.75) is 0 Å². The van der Waals surface area contributed by atoms with Gasteiger partial charge in [-0.2, -0.15) is 0 Å². The van der Waals surface area contributed by atoms with Gasteiger partial charge in [0, 0.05) is 13.3 Å². The molecule has 0 bridgehead atoms. The highest BCUT2D eigenvalue weighted by Gasteiger charge is 2.22. The molecule has 0 heterocycles. The molecule has 0 saturated carbocycles. The first kappa shape index (κ1) is 18.6. The zero-order valence-electron chi connectivity index (χ0n) is 13.6. The summed E-state index contributed by atoms with van der Waals surface area (Å²) in [4.78, 5) is 13.7. The molecule has 1 N–H and O–H groups in total. The quantitative estimate of drug-likeness (QED) is 0.447. The average molecular weight is 331 g/mol. The number of methoxy groups -OCH3 is 1. The van der Waals surface area contributed by atoms with Crippen molar-refractivity contribution in [3.63, 3.8) is 0 Å². The van der Waals surface area contributed by atoms with E-state index in [0.29, 0.717) is 12.3 Å². The van der Waals surface area contributed by atoms with Crippen molar-refractivity contribution in [1.82, 2.24) is 0 Å². The highest BCUT2D eigenvalue weighted by Crippen LogP contribution is 2.45. The van der Waals surface area contributed by atoms with Crippen LogP contribution in [0.25, 0.3) is 0 Å². The third-order valence-corrected chi connectivity index (χ3v) is 3.66. The van der Waals surface area contributed by atoms with Gasteiger partial charge in [-0.25, -0.2) is 4.57 Å². The molecular formula is C14H24N2O5P+. The molecule has 0 aromatic heterocycles. The molecule has 0 amide bonds. The molecule has 0 fully saturated rings. The van der Waals surface area contributed by atoms with Crippen LogP contribution in [0, 0.1) is 0 Å². The van der Waals surface area contributed by atoms with Gasteiger partial charge in [0.15, 0.2) is 11.5 Å². The second kappa shape index (κ2) is 7.74. The molecule has 1 atom stereocenters. The lowest BCUT2D eigenvalue weighted by Crippen LogP contribution is -2.36. The van der Waals surface area contributed by atoms with E-state index in [0.717, 1.165) is 23.7 Å². The molecule has 1 aromatic rings. The lowest BCUT2D eigenvalue weighted by Gasteiger charge is -2.22. The summed E-state index contributed by atoms with van der Waals surface area (Å²) in [6.45, 7) is 1.63.